The van der Waals surface area contributed by atoms with Gasteiger partial charge in [0.25, 0.3) is 5.91 Å². The van der Waals surface area contributed by atoms with Crippen LogP contribution in [0.5, 0.6) is 0 Å². The van der Waals surface area contributed by atoms with Crippen LogP contribution in [-0.4, -0.2) is 44.0 Å². The summed E-state index contributed by atoms with van der Waals surface area (Å²) in [4.78, 5) is 26.9. The molecule has 0 atom stereocenters. The van der Waals surface area contributed by atoms with Gasteiger partial charge >= 0.3 is 0 Å². The van der Waals surface area contributed by atoms with Crippen molar-refractivity contribution in [2.45, 2.75) is 18.6 Å². The van der Waals surface area contributed by atoms with Crippen molar-refractivity contribution in [3.63, 3.8) is 0 Å². The van der Waals surface area contributed by atoms with Crippen molar-refractivity contribution in [3.05, 3.63) is 63.1 Å². The lowest BCUT2D eigenvalue weighted by Crippen LogP contribution is -2.30. The van der Waals surface area contributed by atoms with Gasteiger partial charge < -0.3 is 10.2 Å². The molecule has 1 aliphatic heterocycles. The average Bonchev–Trinajstić information content (AvgIpc) is 3.16. The first-order valence-corrected chi connectivity index (χ1v) is 12.1. The van der Waals surface area contributed by atoms with Crippen LogP contribution in [0.15, 0.2) is 46.9 Å². The van der Waals surface area contributed by atoms with E-state index in [0.717, 1.165) is 17.3 Å². The van der Waals surface area contributed by atoms with Crippen LogP contribution in [0.4, 0.5) is 5.69 Å². The first-order valence-electron chi connectivity index (χ1n) is 9.07. The van der Waals surface area contributed by atoms with Crippen molar-refractivity contribution >= 4 is 54.9 Å². The zero-order valence-corrected chi connectivity index (χ0v) is 18.7. The van der Waals surface area contributed by atoms with Gasteiger partial charge in [-0.05, 0) is 48.7 Å². The summed E-state index contributed by atoms with van der Waals surface area (Å²) in [5.41, 5.74) is 1.11. The fourth-order valence-corrected chi connectivity index (χ4v) is 5.09. The molecule has 1 aliphatic rings. The molecule has 1 saturated heterocycles. The Kier molecular flexibility index (Phi) is 6.97. The van der Waals surface area contributed by atoms with Gasteiger partial charge in [0.2, 0.25) is 5.91 Å². The number of rotatable bonds is 6. The Balaban J connectivity index is 1.72. The lowest BCUT2D eigenvalue weighted by molar-refractivity contribution is -0.113. The highest BCUT2D eigenvalue weighted by atomic mass is 79.9. The van der Waals surface area contributed by atoms with Crippen molar-refractivity contribution < 1.29 is 18.0 Å². The van der Waals surface area contributed by atoms with Crippen molar-refractivity contribution in [1.82, 2.24) is 4.90 Å². The molecule has 29 heavy (non-hydrogen) atoms. The molecule has 0 saturated carbocycles. The van der Waals surface area contributed by atoms with Gasteiger partial charge in [-0.15, -0.1) is 0 Å². The van der Waals surface area contributed by atoms with Gasteiger partial charge in [0, 0.05) is 22.6 Å². The summed E-state index contributed by atoms with van der Waals surface area (Å²) >= 11 is 9.33. The second kappa shape index (κ2) is 9.28. The number of sulfone groups is 1. The molecule has 154 valence electrons. The topological polar surface area (TPSA) is 83.5 Å². The highest BCUT2D eigenvalue weighted by Crippen LogP contribution is 2.24. The predicted molar refractivity (Wildman–Crippen MR) is 117 cm³/mol. The molecule has 0 spiro atoms. The number of nitrogens with zero attached hydrogens (tertiary/aromatic N) is 1. The zero-order valence-electron chi connectivity index (χ0n) is 15.5. The van der Waals surface area contributed by atoms with Crippen LogP contribution in [0.25, 0.3) is 0 Å². The zero-order chi connectivity index (χ0) is 21.0. The monoisotopic (exact) mass is 498 g/mol. The highest BCUT2D eigenvalue weighted by Gasteiger charge is 2.24. The molecule has 1 N–H and O–H groups in total. The van der Waals surface area contributed by atoms with E-state index in [0.29, 0.717) is 23.7 Å². The number of hydrogen-bond donors (Lipinski definition) is 1. The molecule has 2 amide bonds. The Bertz CT molecular complexity index is 1040. The molecule has 2 aromatic rings. The summed E-state index contributed by atoms with van der Waals surface area (Å²) < 4.78 is 25.6. The Labute approximate surface area is 183 Å². The van der Waals surface area contributed by atoms with E-state index in [1.807, 2.05) is 0 Å². The third kappa shape index (κ3) is 6.04. The number of nitrogens with one attached hydrogen (secondary N) is 1. The summed E-state index contributed by atoms with van der Waals surface area (Å²) in [5.74, 6) is -1.85. The molecule has 0 bridgehead atoms. The number of amides is 2. The molecule has 6 nitrogen and oxygen atoms in total. The fraction of sp³-hybridized carbons (Fsp3) is 0.300. The largest absolute Gasteiger partial charge is 0.339 e. The molecule has 0 aliphatic carbocycles. The van der Waals surface area contributed by atoms with Gasteiger partial charge in [-0.1, -0.05) is 39.7 Å². The SMILES string of the molecule is O=C(CS(=O)(=O)Cc1cccc(Br)c1)Nc1ccc(Cl)cc1C(=O)N1CCCC1. The van der Waals surface area contributed by atoms with Crippen LogP contribution in [0.1, 0.15) is 28.8 Å². The third-order valence-corrected chi connectivity index (χ3v) is 6.71. The predicted octanol–water partition coefficient (Wildman–Crippen LogP) is 3.89. The number of carbonyl (C=O) groups is 2. The first-order chi connectivity index (χ1) is 13.7. The van der Waals surface area contributed by atoms with Gasteiger partial charge in [-0.2, -0.15) is 0 Å². The summed E-state index contributed by atoms with van der Waals surface area (Å²) in [6.07, 6.45) is 1.86. The molecule has 1 heterocycles. The smallest absolute Gasteiger partial charge is 0.256 e. The number of hydrogen-bond acceptors (Lipinski definition) is 4. The minimum absolute atomic E-state index is 0.225. The number of anilines is 1. The van der Waals surface area contributed by atoms with Crippen LogP contribution in [0.2, 0.25) is 5.02 Å². The summed E-state index contributed by atoms with van der Waals surface area (Å²) in [6, 6.07) is 11.5. The molecule has 3 rings (SSSR count). The van der Waals surface area contributed by atoms with E-state index in [1.165, 1.54) is 12.1 Å². The van der Waals surface area contributed by atoms with Gasteiger partial charge in [-0.3, -0.25) is 9.59 Å². The van der Waals surface area contributed by atoms with Crippen LogP contribution in [0.3, 0.4) is 0 Å². The Hall–Kier alpha value is -1.90. The maximum Gasteiger partial charge on any atom is 0.256 e. The van der Waals surface area contributed by atoms with E-state index in [9.17, 15) is 18.0 Å². The maximum atomic E-state index is 12.8. The van der Waals surface area contributed by atoms with Crippen molar-refractivity contribution in [1.29, 1.82) is 0 Å². The third-order valence-electron chi connectivity index (χ3n) is 4.51. The van der Waals surface area contributed by atoms with Crippen molar-refractivity contribution in [2.75, 3.05) is 24.2 Å². The molecular weight excluding hydrogens is 480 g/mol. The lowest BCUT2D eigenvalue weighted by atomic mass is 10.1. The maximum absolute atomic E-state index is 12.8. The minimum Gasteiger partial charge on any atom is -0.339 e. The van der Waals surface area contributed by atoms with Crippen molar-refractivity contribution in [3.8, 4) is 0 Å². The van der Waals surface area contributed by atoms with Gasteiger partial charge in [0.1, 0.15) is 5.75 Å². The number of carbonyl (C=O) groups excluding carboxylic acids is 2. The Morgan fingerprint density at radius 2 is 1.83 bits per heavy atom. The second-order valence-electron chi connectivity index (χ2n) is 6.90. The highest BCUT2D eigenvalue weighted by molar-refractivity contribution is 9.10. The van der Waals surface area contributed by atoms with Crippen LogP contribution < -0.4 is 5.32 Å². The van der Waals surface area contributed by atoms with E-state index >= 15 is 0 Å². The summed E-state index contributed by atoms with van der Waals surface area (Å²) in [6.45, 7) is 1.31. The molecule has 0 aromatic heterocycles. The molecular formula is C20H20BrClN2O4S. The van der Waals surface area contributed by atoms with E-state index in [2.05, 4.69) is 21.2 Å². The quantitative estimate of drug-likeness (QED) is 0.653. The first kappa shape index (κ1) is 21.8. The Morgan fingerprint density at radius 3 is 2.52 bits per heavy atom. The van der Waals surface area contributed by atoms with E-state index in [1.54, 1.807) is 35.2 Å². The molecule has 2 aromatic carbocycles. The molecule has 0 unspecified atom stereocenters. The second-order valence-corrected chi connectivity index (χ2v) is 10.3. The standard InChI is InChI=1S/C20H20BrClN2O4S/c21-15-5-3-4-14(10-15)12-29(27,28)13-19(25)23-18-7-6-16(22)11-17(18)20(26)24-8-1-2-9-24/h3-7,10-11H,1-2,8-9,12-13H2,(H,23,25). The average molecular weight is 500 g/mol. The van der Waals surface area contributed by atoms with Crippen LogP contribution in [-0.2, 0) is 20.4 Å². The number of likely N-dealkylation sites (tertiary alicyclic amines) is 1. The van der Waals surface area contributed by atoms with Crippen molar-refractivity contribution in [2.24, 2.45) is 0 Å². The van der Waals surface area contributed by atoms with E-state index in [-0.39, 0.29) is 22.9 Å². The van der Waals surface area contributed by atoms with E-state index in [4.69, 9.17) is 11.6 Å². The minimum atomic E-state index is -3.68. The number of halogens is 2. The Morgan fingerprint density at radius 1 is 1.10 bits per heavy atom. The van der Waals surface area contributed by atoms with E-state index < -0.39 is 21.5 Å². The number of benzene rings is 2. The van der Waals surface area contributed by atoms with Crippen LogP contribution in [0, 0.1) is 0 Å². The van der Waals surface area contributed by atoms with Gasteiger partial charge in [0.15, 0.2) is 9.84 Å². The molecule has 1 fully saturated rings. The normalized spacial score (nSPS) is 14.1. The van der Waals surface area contributed by atoms with Crippen LogP contribution >= 0.6 is 27.5 Å². The lowest BCUT2D eigenvalue weighted by Gasteiger charge is -2.18. The van der Waals surface area contributed by atoms with Gasteiger partial charge in [-0.25, -0.2) is 8.42 Å². The summed E-state index contributed by atoms with van der Waals surface area (Å²) in [7, 11) is -3.68. The van der Waals surface area contributed by atoms with Gasteiger partial charge in [0.05, 0.1) is 17.0 Å². The molecule has 9 heteroatoms. The summed E-state index contributed by atoms with van der Waals surface area (Å²) in [5, 5.41) is 2.93. The molecule has 0 radical (unpaired) electrons. The fourth-order valence-electron chi connectivity index (χ4n) is 3.21.